The lowest BCUT2D eigenvalue weighted by Gasteiger charge is -2.32. The molecule has 1 heterocycles. The number of carboxylic acids is 1. The summed E-state index contributed by atoms with van der Waals surface area (Å²) >= 11 is 3.40. The molecule has 1 aromatic rings. The van der Waals surface area contributed by atoms with Gasteiger partial charge < -0.3 is 19.5 Å². The number of benzene rings is 1. The predicted octanol–water partition coefficient (Wildman–Crippen LogP) is 1.84. The van der Waals surface area contributed by atoms with E-state index in [1.165, 1.54) is 4.90 Å². The average molecular weight is 372 g/mol. The molecule has 2 atom stereocenters. The van der Waals surface area contributed by atoms with E-state index in [0.717, 1.165) is 10.0 Å². The summed E-state index contributed by atoms with van der Waals surface area (Å²) in [5.74, 6) is -0.733. The van der Waals surface area contributed by atoms with Crippen molar-refractivity contribution in [2.45, 2.75) is 26.1 Å². The van der Waals surface area contributed by atoms with Crippen molar-refractivity contribution in [3.63, 3.8) is 0 Å². The third-order valence-electron chi connectivity index (χ3n) is 3.39. The summed E-state index contributed by atoms with van der Waals surface area (Å²) in [7, 11) is 0. The Morgan fingerprint density at radius 2 is 2.23 bits per heavy atom. The summed E-state index contributed by atoms with van der Waals surface area (Å²) in [6.45, 7) is 4.23. The Hall–Kier alpha value is -1.60. The first-order valence-corrected chi connectivity index (χ1v) is 7.74. The highest BCUT2D eigenvalue weighted by Gasteiger charge is 2.31. The van der Waals surface area contributed by atoms with Crippen LogP contribution in [0.4, 0.5) is 0 Å². The maximum Gasteiger partial charge on any atom is 0.334 e. The molecule has 0 spiro atoms. The van der Waals surface area contributed by atoms with Gasteiger partial charge >= 0.3 is 5.97 Å². The molecule has 1 saturated heterocycles. The Morgan fingerprint density at radius 3 is 2.86 bits per heavy atom. The van der Waals surface area contributed by atoms with Gasteiger partial charge in [-0.15, -0.1) is 0 Å². The molecule has 0 aliphatic carbocycles. The van der Waals surface area contributed by atoms with E-state index in [-0.39, 0.29) is 19.1 Å². The molecule has 7 heteroatoms. The Balaban J connectivity index is 2.01. The van der Waals surface area contributed by atoms with E-state index in [4.69, 9.17) is 14.6 Å². The molecule has 1 N–H and O–H groups in total. The third-order valence-corrected chi connectivity index (χ3v) is 4.01. The van der Waals surface area contributed by atoms with Gasteiger partial charge in [0.05, 0.1) is 17.6 Å². The van der Waals surface area contributed by atoms with Crippen molar-refractivity contribution in [1.82, 2.24) is 4.90 Å². The summed E-state index contributed by atoms with van der Waals surface area (Å²) in [5, 5.41) is 8.97. The van der Waals surface area contributed by atoms with Crippen molar-refractivity contribution in [3.8, 4) is 5.75 Å². The van der Waals surface area contributed by atoms with Crippen LogP contribution in [0, 0.1) is 6.92 Å². The zero-order valence-electron chi connectivity index (χ0n) is 12.4. The first-order chi connectivity index (χ1) is 10.4. The van der Waals surface area contributed by atoms with E-state index in [9.17, 15) is 9.59 Å². The van der Waals surface area contributed by atoms with Crippen LogP contribution in [0.5, 0.6) is 5.75 Å². The van der Waals surface area contributed by atoms with Crippen LogP contribution in [0.15, 0.2) is 22.7 Å². The molecule has 120 valence electrons. The van der Waals surface area contributed by atoms with Crippen molar-refractivity contribution >= 4 is 27.8 Å². The van der Waals surface area contributed by atoms with Crippen molar-refractivity contribution in [3.05, 3.63) is 28.2 Å². The molecule has 0 radical (unpaired) electrons. The summed E-state index contributed by atoms with van der Waals surface area (Å²) in [4.78, 5) is 24.8. The van der Waals surface area contributed by atoms with E-state index in [0.29, 0.717) is 12.3 Å². The normalized spacial score (nSPS) is 19.6. The van der Waals surface area contributed by atoms with Gasteiger partial charge in [0.2, 0.25) is 0 Å². The summed E-state index contributed by atoms with van der Waals surface area (Å²) in [6.07, 6.45) is -1.68. The fraction of sp³-hybridized carbons (Fsp3) is 0.467. The van der Waals surface area contributed by atoms with Gasteiger partial charge in [0.1, 0.15) is 5.75 Å². The maximum absolute atomic E-state index is 12.4. The van der Waals surface area contributed by atoms with Crippen molar-refractivity contribution in [1.29, 1.82) is 0 Å². The molecule has 2 rings (SSSR count). The number of nitrogens with zero attached hydrogens (tertiary/aromatic N) is 1. The fourth-order valence-electron chi connectivity index (χ4n) is 2.20. The largest absolute Gasteiger partial charge is 0.480 e. The third kappa shape index (κ3) is 3.98. The Bertz CT molecular complexity index is 577. The fourth-order valence-corrected chi connectivity index (χ4v) is 2.78. The SMILES string of the molecule is Cc1ccc(OC(C)C(=O)N2CCOC(C(=O)O)C2)c(Br)c1. The molecule has 1 amide bonds. The van der Waals surface area contributed by atoms with Crippen LogP contribution in [0.1, 0.15) is 12.5 Å². The molecule has 0 aromatic heterocycles. The molecule has 1 aromatic carbocycles. The maximum atomic E-state index is 12.4. The number of carboxylic acid groups (broad SMARTS) is 1. The Labute approximate surface area is 137 Å². The van der Waals surface area contributed by atoms with Gasteiger partial charge in [0.15, 0.2) is 12.2 Å². The standard InChI is InChI=1S/C15H18BrNO5/c1-9-3-4-12(11(16)7-9)22-10(2)14(18)17-5-6-21-13(8-17)15(19)20/h3-4,7,10,13H,5-6,8H2,1-2H3,(H,19,20). The number of halogens is 1. The van der Waals surface area contributed by atoms with E-state index in [1.54, 1.807) is 13.0 Å². The van der Waals surface area contributed by atoms with Crippen LogP contribution in [-0.4, -0.2) is 53.8 Å². The minimum atomic E-state index is -1.06. The highest BCUT2D eigenvalue weighted by Crippen LogP contribution is 2.27. The number of morpholine rings is 1. The zero-order chi connectivity index (χ0) is 16.3. The molecule has 22 heavy (non-hydrogen) atoms. The van der Waals surface area contributed by atoms with Gasteiger partial charge in [-0.3, -0.25) is 4.79 Å². The van der Waals surface area contributed by atoms with Crippen molar-refractivity contribution in [2.24, 2.45) is 0 Å². The zero-order valence-corrected chi connectivity index (χ0v) is 14.0. The first-order valence-electron chi connectivity index (χ1n) is 6.94. The van der Waals surface area contributed by atoms with Crippen LogP contribution < -0.4 is 4.74 Å². The number of ether oxygens (including phenoxy) is 2. The van der Waals surface area contributed by atoms with Crippen LogP contribution in [0.25, 0.3) is 0 Å². The molecule has 0 saturated carbocycles. The smallest absolute Gasteiger partial charge is 0.334 e. The lowest BCUT2D eigenvalue weighted by Crippen LogP contribution is -2.51. The summed E-state index contributed by atoms with van der Waals surface area (Å²) in [5.41, 5.74) is 1.08. The Morgan fingerprint density at radius 1 is 1.50 bits per heavy atom. The molecular formula is C15H18BrNO5. The number of amides is 1. The van der Waals surface area contributed by atoms with Crippen LogP contribution in [0.2, 0.25) is 0 Å². The van der Waals surface area contributed by atoms with Gasteiger partial charge in [-0.1, -0.05) is 6.07 Å². The van der Waals surface area contributed by atoms with E-state index < -0.39 is 18.2 Å². The second kappa shape index (κ2) is 7.11. The topological polar surface area (TPSA) is 76.1 Å². The van der Waals surface area contributed by atoms with Gasteiger partial charge in [0.25, 0.3) is 5.91 Å². The van der Waals surface area contributed by atoms with E-state index in [2.05, 4.69) is 15.9 Å². The average Bonchev–Trinajstić information content (AvgIpc) is 2.49. The number of hydrogen-bond donors (Lipinski definition) is 1. The van der Waals surface area contributed by atoms with Crippen LogP contribution >= 0.6 is 15.9 Å². The minimum absolute atomic E-state index is 0.0386. The number of aliphatic carboxylic acids is 1. The van der Waals surface area contributed by atoms with Crippen molar-refractivity contribution in [2.75, 3.05) is 19.7 Å². The molecular weight excluding hydrogens is 354 g/mol. The molecule has 6 nitrogen and oxygen atoms in total. The number of carbonyl (C=O) groups excluding carboxylic acids is 1. The second-order valence-corrected chi connectivity index (χ2v) is 6.03. The molecule has 2 unspecified atom stereocenters. The highest BCUT2D eigenvalue weighted by molar-refractivity contribution is 9.10. The lowest BCUT2D eigenvalue weighted by atomic mass is 10.2. The monoisotopic (exact) mass is 371 g/mol. The highest BCUT2D eigenvalue weighted by atomic mass is 79.9. The summed E-state index contributed by atoms with van der Waals surface area (Å²) < 4.78 is 11.6. The van der Waals surface area contributed by atoms with Crippen LogP contribution in [-0.2, 0) is 14.3 Å². The molecule has 0 bridgehead atoms. The van der Waals surface area contributed by atoms with Gasteiger partial charge in [0, 0.05) is 6.54 Å². The number of aryl methyl sites for hydroxylation is 1. The van der Waals surface area contributed by atoms with Gasteiger partial charge in [-0.25, -0.2) is 4.79 Å². The molecule has 1 aliphatic rings. The lowest BCUT2D eigenvalue weighted by molar-refractivity contribution is -0.161. The predicted molar refractivity (Wildman–Crippen MR) is 82.9 cm³/mol. The number of carbonyl (C=O) groups is 2. The minimum Gasteiger partial charge on any atom is -0.480 e. The Kier molecular flexibility index (Phi) is 5.42. The number of rotatable bonds is 4. The molecule has 1 aliphatic heterocycles. The first kappa shape index (κ1) is 16.8. The van der Waals surface area contributed by atoms with Crippen molar-refractivity contribution < 1.29 is 24.2 Å². The second-order valence-electron chi connectivity index (χ2n) is 5.18. The van der Waals surface area contributed by atoms with E-state index in [1.807, 2.05) is 19.1 Å². The quantitative estimate of drug-likeness (QED) is 0.873. The van der Waals surface area contributed by atoms with Gasteiger partial charge in [-0.2, -0.15) is 0 Å². The van der Waals surface area contributed by atoms with E-state index >= 15 is 0 Å². The number of hydrogen-bond acceptors (Lipinski definition) is 4. The van der Waals surface area contributed by atoms with Crippen LogP contribution in [0.3, 0.4) is 0 Å². The van der Waals surface area contributed by atoms with Gasteiger partial charge in [-0.05, 0) is 47.5 Å². The summed E-state index contributed by atoms with van der Waals surface area (Å²) in [6, 6.07) is 5.59. The molecule has 1 fully saturated rings.